The highest BCUT2D eigenvalue weighted by atomic mass is 32.1. The first kappa shape index (κ1) is 22.8. The molecular weight excluding hydrogens is 468 g/mol. The minimum absolute atomic E-state index is 0.102. The van der Waals surface area contributed by atoms with Crippen LogP contribution in [0.15, 0.2) is 53.9 Å². The molecule has 2 aliphatic heterocycles. The Morgan fingerprint density at radius 1 is 1.00 bits per heavy atom. The molecule has 5 rings (SSSR count). The Labute approximate surface area is 205 Å². The van der Waals surface area contributed by atoms with Crippen molar-refractivity contribution in [2.75, 3.05) is 24.7 Å². The molecule has 35 heavy (non-hydrogen) atoms. The molecule has 3 amide bonds. The second-order valence-electron chi connectivity index (χ2n) is 8.14. The van der Waals surface area contributed by atoms with E-state index >= 15 is 0 Å². The van der Waals surface area contributed by atoms with Gasteiger partial charge >= 0.3 is 5.97 Å². The Bertz CT molecular complexity index is 1330. The van der Waals surface area contributed by atoms with Crippen LogP contribution in [0.2, 0.25) is 0 Å². The molecule has 0 aliphatic carbocycles. The largest absolute Gasteiger partial charge is 0.494 e. The second-order valence-corrected chi connectivity index (χ2v) is 9.14. The number of carbonyl (C=O) groups is 4. The third-order valence-electron chi connectivity index (χ3n) is 6.02. The van der Waals surface area contributed by atoms with Gasteiger partial charge in [0.2, 0.25) is 0 Å². The van der Waals surface area contributed by atoms with Crippen molar-refractivity contribution in [2.24, 2.45) is 0 Å². The van der Waals surface area contributed by atoms with Crippen LogP contribution in [0.3, 0.4) is 0 Å². The van der Waals surface area contributed by atoms with E-state index in [1.54, 1.807) is 40.5 Å². The van der Waals surface area contributed by atoms with Gasteiger partial charge in [-0.1, -0.05) is 0 Å². The molecule has 0 atom stereocenters. The standard InChI is InChI=1S/C26H22N2O6S/c1-2-33-19-6-4-18(5-7-19)28-24(30)20-8-3-16(13-21(20)25(28)31)26(32)34-15-23(29)27-11-9-22-17(14-27)10-12-35-22/h3-8,10,12-13H,2,9,11,14-15H2,1H3. The van der Waals surface area contributed by atoms with Crippen molar-refractivity contribution < 1.29 is 28.7 Å². The summed E-state index contributed by atoms with van der Waals surface area (Å²) in [6.45, 7) is 3.07. The summed E-state index contributed by atoms with van der Waals surface area (Å²) in [5.41, 5.74) is 1.96. The summed E-state index contributed by atoms with van der Waals surface area (Å²) >= 11 is 1.68. The van der Waals surface area contributed by atoms with E-state index in [2.05, 4.69) is 0 Å². The molecule has 3 heterocycles. The number of hydrogen-bond donors (Lipinski definition) is 0. The fourth-order valence-electron chi connectivity index (χ4n) is 4.22. The topological polar surface area (TPSA) is 93.2 Å². The molecule has 0 radical (unpaired) electrons. The molecule has 0 N–H and O–H groups in total. The summed E-state index contributed by atoms with van der Waals surface area (Å²) < 4.78 is 10.6. The Morgan fingerprint density at radius 3 is 2.54 bits per heavy atom. The first-order chi connectivity index (χ1) is 17.0. The monoisotopic (exact) mass is 490 g/mol. The number of fused-ring (bicyclic) bond motifs is 2. The fraction of sp³-hybridized carbons (Fsp3) is 0.231. The third kappa shape index (κ3) is 4.30. The maximum atomic E-state index is 13.0. The maximum Gasteiger partial charge on any atom is 0.338 e. The van der Waals surface area contributed by atoms with Crippen molar-refractivity contribution in [3.05, 3.63) is 81.0 Å². The van der Waals surface area contributed by atoms with Crippen LogP contribution in [0.5, 0.6) is 5.75 Å². The molecule has 2 aromatic carbocycles. The Kier molecular flexibility index (Phi) is 6.08. The summed E-state index contributed by atoms with van der Waals surface area (Å²) in [5, 5.41) is 2.01. The molecule has 0 fully saturated rings. The first-order valence-electron chi connectivity index (χ1n) is 11.2. The van der Waals surface area contributed by atoms with Gasteiger partial charge in [0.15, 0.2) is 6.61 Å². The molecular formula is C26H22N2O6S. The van der Waals surface area contributed by atoms with Gasteiger partial charge in [-0.25, -0.2) is 9.69 Å². The van der Waals surface area contributed by atoms with Crippen LogP contribution in [0.25, 0.3) is 0 Å². The molecule has 0 saturated carbocycles. The van der Waals surface area contributed by atoms with Crippen LogP contribution < -0.4 is 9.64 Å². The molecule has 1 aromatic heterocycles. The van der Waals surface area contributed by atoms with E-state index in [1.807, 2.05) is 18.4 Å². The molecule has 0 bridgehead atoms. The predicted molar refractivity (Wildman–Crippen MR) is 129 cm³/mol. The van der Waals surface area contributed by atoms with Gasteiger partial charge in [-0.3, -0.25) is 14.4 Å². The van der Waals surface area contributed by atoms with Gasteiger partial charge in [0.1, 0.15) is 5.75 Å². The molecule has 8 nitrogen and oxygen atoms in total. The number of carbonyl (C=O) groups excluding carboxylic acids is 4. The van der Waals surface area contributed by atoms with Crippen LogP contribution in [-0.2, 0) is 22.5 Å². The number of amides is 3. The molecule has 0 saturated heterocycles. The smallest absolute Gasteiger partial charge is 0.338 e. The lowest BCUT2D eigenvalue weighted by atomic mass is 10.1. The number of imide groups is 1. The quantitative estimate of drug-likeness (QED) is 0.387. The molecule has 0 unspecified atom stereocenters. The summed E-state index contributed by atoms with van der Waals surface area (Å²) in [7, 11) is 0. The number of benzene rings is 2. The molecule has 9 heteroatoms. The second kappa shape index (κ2) is 9.34. The van der Waals surface area contributed by atoms with E-state index in [0.29, 0.717) is 31.1 Å². The zero-order chi connectivity index (χ0) is 24.5. The number of rotatable bonds is 6. The minimum Gasteiger partial charge on any atom is -0.494 e. The van der Waals surface area contributed by atoms with Crippen molar-refractivity contribution >= 4 is 40.7 Å². The summed E-state index contributed by atoms with van der Waals surface area (Å²) in [5.74, 6) is -1.37. The highest BCUT2D eigenvalue weighted by molar-refractivity contribution is 7.10. The van der Waals surface area contributed by atoms with E-state index in [1.165, 1.54) is 23.1 Å². The maximum absolute atomic E-state index is 13.0. The van der Waals surface area contributed by atoms with Crippen molar-refractivity contribution in [1.29, 1.82) is 0 Å². The number of esters is 1. The van der Waals surface area contributed by atoms with Crippen molar-refractivity contribution in [2.45, 2.75) is 19.9 Å². The van der Waals surface area contributed by atoms with Crippen LogP contribution in [-0.4, -0.2) is 48.3 Å². The van der Waals surface area contributed by atoms with Crippen molar-refractivity contribution in [1.82, 2.24) is 4.90 Å². The van der Waals surface area contributed by atoms with Gasteiger partial charge in [0.05, 0.1) is 29.0 Å². The van der Waals surface area contributed by atoms with Crippen molar-refractivity contribution in [3.63, 3.8) is 0 Å². The van der Waals surface area contributed by atoms with Crippen LogP contribution in [0.1, 0.15) is 48.4 Å². The van der Waals surface area contributed by atoms with E-state index in [9.17, 15) is 19.2 Å². The lowest BCUT2D eigenvalue weighted by Gasteiger charge is -2.26. The molecule has 0 spiro atoms. The third-order valence-corrected chi connectivity index (χ3v) is 7.04. The summed E-state index contributed by atoms with van der Waals surface area (Å²) in [4.78, 5) is 55.0. The van der Waals surface area contributed by atoms with E-state index in [0.717, 1.165) is 16.9 Å². The average Bonchev–Trinajstić information content (AvgIpc) is 3.44. The first-order valence-corrected chi connectivity index (χ1v) is 12.1. The predicted octanol–water partition coefficient (Wildman–Crippen LogP) is 3.69. The lowest BCUT2D eigenvalue weighted by molar-refractivity contribution is -0.135. The van der Waals surface area contributed by atoms with Gasteiger partial charge in [0, 0.05) is 18.0 Å². The van der Waals surface area contributed by atoms with Crippen LogP contribution in [0.4, 0.5) is 5.69 Å². The zero-order valence-electron chi connectivity index (χ0n) is 19.0. The zero-order valence-corrected chi connectivity index (χ0v) is 19.8. The Hall–Kier alpha value is -3.98. The number of ether oxygens (including phenoxy) is 2. The van der Waals surface area contributed by atoms with Gasteiger partial charge in [-0.05, 0) is 72.8 Å². The van der Waals surface area contributed by atoms with E-state index in [4.69, 9.17) is 9.47 Å². The molecule has 178 valence electrons. The van der Waals surface area contributed by atoms with Gasteiger partial charge in [-0.15, -0.1) is 11.3 Å². The average molecular weight is 491 g/mol. The highest BCUT2D eigenvalue weighted by Crippen LogP contribution is 2.30. The Morgan fingerprint density at radius 2 is 1.77 bits per heavy atom. The number of nitrogens with zero attached hydrogens (tertiary/aromatic N) is 2. The SMILES string of the molecule is CCOc1ccc(N2C(=O)c3ccc(C(=O)OCC(=O)N4CCc5sccc5C4)cc3C2=O)cc1. The van der Waals surface area contributed by atoms with E-state index in [-0.39, 0.29) is 29.2 Å². The lowest BCUT2D eigenvalue weighted by Crippen LogP contribution is -2.38. The normalized spacial score (nSPS) is 14.5. The molecule has 2 aliphatic rings. The molecule has 3 aromatic rings. The van der Waals surface area contributed by atoms with Gasteiger partial charge < -0.3 is 14.4 Å². The number of thiophene rings is 1. The minimum atomic E-state index is -0.728. The van der Waals surface area contributed by atoms with E-state index < -0.39 is 17.8 Å². The summed E-state index contributed by atoms with van der Waals surface area (Å²) in [6.07, 6.45) is 0.790. The number of anilines is 1. The van der Waals surface area contributed by atoms with Crippen molar-refractivity contribution in [3.8, 4) is 5.75 Å². The Balaban J connectivity index is 1.25. The fourth-order valence-corrected chi connectivity index (χ4v) is 5.11. The van der Waals surface area contributed by atoms with Crippen LogP contribution >= 0.6 is 11.3 Å². The number of hydrogen-bond acceptors (Lipinski definition) is 7. The highest BCUT2D eigenvalue weighted by Gasteiger charge is 2.37. The summed E-state index contributed by atoms with van der Waals surface area (Å²) in [6, 6.07) is 12.8. The van der Waals surface area contributed by atoms with Gasteiger partial charge in [-0.2, -0.15) is 0 Å². The van der Waals surface area contributed by atoms with Gasteiger partial charge in [0.25, 0.3) is 17.7 Å². The van der Waals surface area contributed by atoms with Crippen LogP contribution in [0, 0.1) is 0 Å².